The number of ketones is 1. The molecule has 132 valence electrons. The number of rotatable bonds is 1. The highest BCUT2D eigenvalue weighted by Gasteiger charge is 2.57. The number of hydrogen-bond donors (Lipinski definition) is 0. The fourth-order valence-electron chi connectivity index (χ4n) is 7.48. The van der Waals surface area contributed by atoms with Crippen molar-refractivity contribution in [1.82, 2.24) is 0 Å². The summed E-state index contributed by atoms with van der Waals surface area (Å²) < 4.78 is 0. The van der Waals surface area contributed by atoms with Gasteiger partial charge in [0.1, 0.15) is 5.78 Å². The van der Waals surface area contributed by atoms with Crippen LogP contribution in [0, 0.1) is 34.5 Å². The van der Waals surface area contributed by atoms with Crippen LogP contribution in [0.15, 0.2) is 23.8 Å². The first-order valence-corrected chi connectivity index (χ1v) is 10.2. The van der Waals surface area contributed by atoms with Crippen LogP contribution < -0.4 is 0 Å². The van der Waals surface area contributed by atoms with E-state index in [0.717, 1.165) is 42.9 Å². The van der Waals surface area contributed by atoms with E-state index < -0.39 is 0 Å². The van der Waals surface area contributed by atoms with Crippen LogP contribution in [0.2, 0.25) is 0 Å². The molecule has 24 heavy (non-hydrogen) atoms. The lowest BCUT2D eigenvalue weighted by Gasteiger charge is -2.61. The zero-order valence-corrected chi connectivity index (χ0v) is 15.9. The van der Waals surface area contributed by atoms with Crippen molar-refractivity contribution in [1.29, 1.82) is 0 Å². The zero-order chi connectivity index (χ0) is 17.1. The van der Waals surface area contributed by atoms with Crippen LogP contribution in [0.5, 0.6) is 0 Å². The summed E-state index contributed by atoms with van der Waals surface area (Å²) in [5.74, 6) is 3.71. The lowest BCUT2D eigenvalue weighted by molar-refractivity contribution is -0.123. The number of Topliss-reactive ketones (excluding diaryl/α,β-unsaturated/α-hetero) is 1. The molecule has 0 N–H and O–H groups in total. The molecule has 0 radical (unpaired) electrons. The Morgan fingerprint density at radius 2 is 1.96 bits per heavy atom. The van der Waals surface area contributed by atoms with Crippen LogP contribution in [0.4, 0.5) is 0 Å². The number of allylic oxidation sites excluding steroid dienone is 3. The average Bonchev–Trinajstić information content (AvgIpc) is 2.54. The summed E-state index contributed by atoms with van der Waals surface area (Å²) in [4.78, 5) is 12.0. The molecule has 0 bridgehead atoms. The second kappa shape index (κ2) is 5.58. The molecule has 0 heterocycles. The van der Waals surface area contributed by atoms with Crippen molar-refractivity contribution >= 4 is 5.78 Å². The van der Waals surface area contributed by atoms with Gasteiger partial charge in [0.05, 0.1) is 0 Å². The highest BCUT2D eigenvalue weighted by Crippen LogP contribution is 2.65. The van der Waals surface area contributed by atoms with Crippen molar-refractivity contribution in [2.24, 2.45) is 34.5 Å². The van der Waals surface area contributed by atoms with E-state index in [-0.39, 0.29) is 0 Å². The molecule has 0 amide bonds. The maximum atomic E-state index is 12.0. The van der Waals surface area contributed by atoms with Crippen LogP contribution >= 0.6 is 0 Å². The predicted molar refractivity (Wildman–Crippen MR) is 99.6 cm³/mol. The molecular weight excluding hydrogens is 292 g/mol. The van der Waals surface area contributed by atoms with Gasteiger partial charge in [-0.3, -0.25) is 4.79 Å². The van der Waals surface area contributed by atoms with Crippen LogP contribution in [0.1, 0.15) is 78.6 Å². The molecule has 0 aromatic heterocycles. The molecule has 0 aromatic rings. The topological polar surface area (TPSA) is 17.1 Å². The third-order valence-electron chi connectivity index (χ3n) is 8.77. The van der Waals surface area contributed by atoms with E-state index in [1.807, 2.05) is 0 Å². The lowest BCUT2D eigenvalue weighted by atomic mass is 9.43. The minimum Gasteiger partial charge on any atom is -0.299 e. The van der Waals surface area contributed by atoms with Gasteiger partial charge >= 0.3 is 0 Å². The molecule has 0 aliphatic heterocycles. The van der Waals surface area contributed by atoms with E-state index >= 15 is 0 Å². The highest BCUT2D eigenvalue weighted by atomic mass is 16.1. The zero-order valence-electron chi connectivity index (χ0n) is 15.9. The summed E-state index contributed by atoms with van der Waals surface area (Å²) in [6.45, 7) is 11.7. The van der Waals surface area contributed by atoms with Gasteiger partial charge in [-0.1, -0.05) is 44.1 Å². The van der Waals surface area contributed by atoms with Crippen LogP contribution in [-0.2, 0) is 4.79 Å². The maximum absolute atomic E-state index is 12.0. The first kappa shape index (κ1) is 16.6. The molecule has 0 saturated heterocycles. The van der Waals surface area contributed by atoms with Crippen LogP contribution in [0.25, 0.3) is 0 Å². The summed E-state index contributed by atoms with van der Waals surface area (Å²) in [7, 11) is 0. The molecule has 3 fully saturated rings. The molecule has 0 spiro atoms. The van der Waals surface area contributed by atoms with Gasteiger partial charge in [0.25, 0.3) is 0 Å². The van der Waals surface area contributed by atoms with Crippen molar-refractivity contribution < 1.29 is 4.79 Å². The summed E-state index contributed by atoms with van der Waals surface area (Å²) in [5, 5.41) is 0. The smallest absolute Gasteiger partial charge is 0.136 e. The van der Waals surface area contributed by atoms with Gasteiger partial charge in [0.2, 0.25) is 0 Å². The van der Waals surface area contributed by atoms with Gasteiger partial charge in [-0.2, -0.15) is 0 Å². The standard InChI is InChI=1S/C23H34O/c1-15(2)19-6-5-7-20-18-9-8-16-14-17(24)10-12-22(16,3)21(18)11-13-23(19,20)4/h8,18-21H,1,5-7,9-14H2,2-4H3/t18-,19+,20-,21-,22-,23+/m0/s1. The van der Waals surface area contributed by atoms with Crippen LogP contribution in [0.3, 0.4) is 0 Å². The third kappa shape index (κ3) is 2.22. The van der Waals surface area contributed by atoms with Gasteiger partial charge in [0, 0.05) is 12.8 Å². The van der Waals surface area contributed by atoms with Gasteiger partial charge in [0.15, 0.2) is 0 Å². The molecule has 3 saturated carbocycles. The molecule has 0 unspecified atom stereocenters. The first-order chi connectivity index (χ1) is 11.4. The van der Waals surface area contributed by atoms with Crippen molar-refractivity contribution in [3.63, 3.8) is 0 Å². The molecule has 1 nitrogen and oxygen atoms in total. The Hall–Kier alpha value is -0.850. The second-order valence-electron chi connectivity index (χ2n) is 9.85. The van der Waals surface area contributed by atoms with E-state index in [1.54, 1.807) is 0 Å². The van der Waals surface area contributed by atoms with E-state index in [9.17, 15) is 4.79 Å². The Morgan fingerprint density at radius 3 is 2.71 bits per heavy atom. The Bertz CT molecular complexity index is 599. The number of carbonyl (C=O) groups is 1. The fourth-order valence-corrected chi connectivity index (χ4v) is 7.48. The van der Waals surface area contributed by atoms with E-state index in [2.05, 4.69) is 33.4 Å². The number of carbonyl (C=O) groups excluding carboxylic acids is 1. The highest BCUT2D eigenvalue weighted by molar-refractivity contribution is 5.82. The summed E-state index contributed by atoms with van der Waals surface area (Å²) in [6, 6.07) is 0. The van der Waals surface area contributed by atoms with Crippen molar-refractivity contribution in [3.05, 3.63) is 23.8 Å². The molecule has 6 atom stereocenters. The molecule has 0 aromatic carbocycles. The van der Waals surface area contributed by atoms with E-state index in [4.69, 9.17) is 0 Å². The van der Waals surface area contributed by atoms with Gasteiger partial charge in [-0.25, -0.2) is 0 Å². The molecule has 4 aliphatic rings. The largest absolute Gasteiger partial charge is 0.299 e. The maximum Gasteiger partial charge on any atom is 0.136 e. The third-order valence-corrected chi connectivity index (χ3v) is 8.77. The predicted octanol–water partition coefficient (Wildman–Crippen LogP) is 6.10. The van der Waals surface area contributed by atoms with Crippen molar-refractivity contribution in [3.8, 4) is 0 Å². The van der Waals surface area contributed by atoms with Gasteiger partial charge in [-0.05, 0) is 80.0 Å². The molecule has 1 heteroatoms. The molecule has 4 rings (SSSR count). The summed E-state index contributed by atoms with van der Waals surface area (Å²) in [6.07, 6.45) is 13.3. The van der Waals surface area contributed by atoms with Gasteiger partial charge < -0.3 is 0 Å². The molecule has 4 aliphatic carbocycles. The van der Waals surface area contributed by atoms with E-state index in [0.29, 0.717) is 16.6 Å². The fraction of sp³-hybridized carbons (Fsp3) is 0.783. The number of hydrogen-bond acceptors (Lipinski definition) is 1. The Kier molecular flexibility index (Phi) is 3.86. The SMILES string of the molecule is C=C(C)[C@H]1CCC[C@H]2[C@@H]3CC=C4CC(=O)CC[C@]4(C)[C@H]3CC[C@]12C. The van der Waals surface area contributed by atoms with Crippen LogP contribution in [-0.4, -0.2) is 5.78 Å². The molecular formula is C23H34O. The monoisotopic (exact) mass is 326 g/mol. The summed E-state index contributed by atoms with van der Waals surface area (Å²) in [5.41, 5.74) is 3.70. The van der Waals surface area contributed by atoms with Crippen molar-refractivity contribution in [2.45, 2.75) is 78.6 Å². The number of fused-ring (bicyclic) bond motifs is 5. The normalized spacial score (nSPS) is 48.0. The van der Waals surface area contributed by atoms with E-state index in [1.165, 1.54) is 49.7 Å². The minimum atomic E-state index is 0.314. The Morgan fingerprint density at radius 1 is 1.17 bits per heavy atom. The quantitative estimate of drug-likeness (QED) is 0.532. The average molecular weight is 327 g/mol. The summed E-state index contributed by atoms with van der Waals surface area (Å²) >= 11 is 0. The Labute approximate surface area is 148 Å². The first-order valence-electron chi connectivity index (χ1n) is 10.2. The Balaban J connectivity index is 1.68. The lowest BCUT2D eigenvalue weighted by Crippen LogP contribution is -2.53. The minimum absolute atomic E-state index is 0.314. The second-order valence-corrected chi connectivity index (χ2v) is 9.85. The van der Waals surface area contributed by atoms with Gasteiger partial charge in [-0.15, -0.1) is 0 Å². The van der Waals surface area contributed by atoms with Crippen molar-refractivity contribution in [2.75, 3.05) is 0 Å².